The molecule has 0 amide bonds. The van der Waals surface area contributed by atoms with E-state index >= 15 is 0 Å². The van der Waals surface area contributed by atoms with Gasteiger partial charge in [0.1, 0.15) is 0 Å². The summed E-state index contributed by atoms with van der Waals surface area (Å²) in [6.07, 6.45) is 9.77. The molecule has 0 aromatic heterocycles. The smallest absolute Gasteiger partial charge is 0.0624 e. The Balaban J connectivity index is 1.81. The zero-order valence-corrected chi connectivity index (χ0v) is 13.1. The molecule has 0 bridgehead atoms. The highest BCUT2D eigenvalue weighted by Gasteiger charge is 2.32. The van der Waals surface area contributed by atoms with E-state index in [1.54, 1.807) is 0 Å². The molecular weight excluding hydrogens is 234 g/mol. The molecule has 2 N–H and O–H groups in total. The van der Waals surface area contributed by atoms with Gasteiger partial charge < -0.3 is 10.5 Å². The summed E-state index contributed by atoms with van der Waals surface area (Å²) in [6.45, 7) is 7.83. The van der Waals surface area contributed by atoms with Gasteiger partial charge in [-0.05, 0) is 49.4 Å². The monoisotopic (exact) mass is 267 g/mol. The molecule has 0 aromatic rings. The van der Waals surface area contributed by atoms with Crippen LogP contribution >= 0.6 is 0 Å². The molecule has 2 aliphatic rings. The summed E-state index contributed by atoms with van der Waals surface area (Å²) in [7, 11) is 0. The Labute approximate surface area is 119 Å². The van der Waals surface area contributed by atoms with Crippen LogP contribution in [0.3, 0.4) is 0 Å². The minimum atomic E-state index is 0.271. The molecule has 0 radical (unpaired) electrons. The Morgan fingerprint density at radius 2 is 1.79 bits per heavy atom. The van der Waals surface area contributed by atoms with Crippen LogP contribution in [0.25, 0.3) is 0 Å². The van der Waals surface area contributed by atoms with Gasteiger partial charge in [-0.1, -0.05) is 40.0 Å². The number of ether oxygens (including phenoxy) is 1. The van der Waals surface area contributed by atoms with Crippen LogP contribution in [0, 0.1) is 23.7 Å². The fourth-order valence-electron chi connectivity index (χ4n) is 4.06. The van der Waals surface area contributed by atoms with E-state index in [2.05, 4.69) is 20.8 Å². The van der Waals surface area contributed by atoms with E-state index in [9.17, 15) is 0 Å². The first-order valence-corrected chi connectivity index (χ1v) is 8.45. The molecule has 0 aliphatic heterocycles. The van der Waals surface area contributed by atoms with Gasteiger partial charge in [0.15, 0.2) is 0 Å². The first-order chi connectivity index (χ1) is 9.08. The van der Waals surface area contributed by atoms with Gasteiger partial charge in [-0.25, -0.2) is 0 Å². The summed E-state index contributed by atoms with van der Waals surface area (Å²) >= 11 is 0. The number of hydrogen-bond acceptors (Lipinski definition) is 2. The van der Waals surface area contributed by atoms with Crippen molar-refractivity contribution in [2.75, 3.05) is 6.61 Å². The van der Waals surface area contributed by atoms with Crippen molar-refractivity contribution in [3.8, 4) is 0 Å². The van der Waals surface area contributed by atoms with Crippen LogP contribution in [0.15, 0.2) is 0 Å². The predicted octanol–water partition coefficient (Wildman–Crippen LogP) is 3.98. The van der Waals surface area contributed by atoms with E-state index in [0.29, 0.717) is 6.10 Å². The lowest BCUT2D eigenvalue weighted by molar-refractivity contribution is -0.0470. The Kier molecular flexibility index (Phi) is 5.70. The molecule has 4 atom stereocenters. The third kappa shape index (κ3) is 4.19. The standard InChI is InChI=1S/C17H33NO/c1-12(2)15-9-8-13(3)10-17(15)19-11-16(18)14-6-4-5-7-14/h12-17H,4-11,18H2,1-3H3. The second kappa shape index (κ2) is 7.08. The van der Waals surface area contributed by atoms with Crippen LogP contribution in [0.1, 0.15) is 65.7 Å². The van der Waals surface area contributed by atoms with Crippen LogP contribution in [0.2, 0.25) is 0 Å². The van der Waals surface area contributed by atoms with Crippen molar-refractivity contribution < 1.29 is 4.74 Å². The van der Waals surface area contributed by atoms with Crippen LogP contribution in [-0.2, 0) is 4.74 Å². The fraction of sp³-hybridized carbons (Fsp3) is 1.00. The first kappa shape index (κ1) is 15.3. The maximum Gasteiger partial charge on any atom is 0.0624 e. The van der Waals surface area contributed by atoms with Gasteiger partial charge in [-0.2, -0.15) is 0 Å². The van der Waals surface area contributed by atoms with E-state index in [4.69, 9.17) is 10.5 Å². The fourth-order valence-corrected chi connectivity index (χ4v) is 4.06. The summed E-state index contributed by atoms with van der Waals surface area (Å²) in [4.78, 5) is 0. The molecule has 2 fully saturated rings. The van der Waals surface area contributed by atoms with Crippen molar-refractivity contribution in [1.82, 2.24) is 0 Å². The van der Waals surface area contributed by atoms with E-state index < -0.39 is 0 Å². The normalized spacial score (nSPS) is 34.9. The molecule has 19 heavy (non-hydrogen) atoms. The van der Waals surface area contributed by atoms with E-state index in [1.165, 1.54) is 44.9 Å². The molecule has 2 saturated carbocycles. The lowest BCUT2D eigenvalue weighted by atomic mass is 9.75. The molecule has 2 aliphatic carbocycles. The molecule has 2 nitrogen and oxygen atoms in total. The topological polar surface area (TPSA) is 35.2 Å². The minimum Gasteiger partial charge on any atom is -0.376 e. The van der Waals surface area contributed by atoms with Crippen molar-refractivity contribution in [3.05, 3.63) is 0 Å². The molecule has 2 rings (SSSR count). The highest BCUT2D eigenvalue weighted by Crippen LogP contribution is 2.35. The number of hydrogen-bond donors (Lipinski definition) is 1. The molecule has 2 heteroatoms. The summed E-state index contributed by atoms with van der Waals surface area (Å²) < 4.78 is 6.28. The van der Waals surface area contributed by atoms with Crippen molar-refractivity contribution in [2.24, 2.45) is 29.4 Å². The lowest BCUT2D eigenvalue weighted by Crippen LogP contribution is -2.40. The second-order valence-corrected chi connectivity index (χ2v) is 7.41. The molecular formula is C17H33NO. The average Bonchev–Trinajstić information content (AvgIpc) is 2.89. The Morgan fingerprint density at radius 1 is 1.11 bits per heavy atom. The van der Waals surface area contributed by atoms with Crippen LogP contribution < -0.4 is 5.73 Å². The van der Waals surface area contributed by atoms with Gasteiger partial charge in [0.2, 0.25) is 0 Å². The predicted molar refractivity (Wildman–Crippen MR) is 81.0 cm³/mol. The summed E-state index contributed by atoms with van der Waals surface area (Å²) in [5, 5.41) is 0. The SMILES string of the molecule is CC1CCC(C(C)C)C(OCC(N)C2CCCC2)C1. The molecule has 0 aromatic carbocycles. The van der Waals surface area contributed by atoms with Crippen molar-refractivity contribution in [2.45, 2.75) is 77.9 Å². The van der Waals surface area contributed by atoms with Crippen LogP contribution in [-0.4, -0.2) is 18.8 Å². The average molecular weight is 267 g/mol. The number of nitrogens with two attached hydrogens (primary N) is 1. The van der Waals surface area contributed by atoms with Crippen molar-refractivity contribution in [3.63, 3.8) is 0 Å². The van der Waals surface area contributed by atoms with Crippen molar-refractivity contribution >= 4 is 0 Å². The van der Waals surface area contributed by atoms with Gasteiger partial charge >= 0.3 is 0 Å². The third-order valence-corrected chi connectivity index (χ3v) is 5.47. The summed E-state index contributed by atoms with van der Waals surface area (Å²) in [6, 6.07) is 0.271. The molecule has 112 valence electrons. The van der Waals surface area contributed by atoms with E-state index in [0.717, 1.165) is 30.3 Å². The molecule has 4 unspecified atom stereocenters. The van der Waals surface area contributed by atoms with Gasteiger partial charge in [-0.15, -0.1) is 0 Å². The van der Waals surface area contributed by atoms with Gasteiger partial charge in [0, 0.05) is 6.04 Å². The van der Waals surface area contributed by atoms with Crippen LogP contribution in [0.5, 0.6) is 0 Å². The lowest BCUT2D eigenvalue weighted by Gasteiger charge is -2.38. The second-order valence-electron chi connectivity index (χ2n) is 7.41. The van der Waals surface area contributed by atoms with Gasteiger partial charge in [0.05, 0.1) is 12.7 Å². The number of rotatable bonds is 5. The minimum absolute atomic E-state index is 0.271. The van der Waals surface area contributed by atoms with E-state index in [-0.39, 0.29) is 6.04 Å². The van der Waals surface area contributed by atoms with Crippen LogP contribution in [0.4, 0.5) is 0 Å². The highest BCUT2D eigenvalue weighted by molar-refractivity contribution is 4.83. The third-order valence-electron chi connectivity index (χ3n) is 5.47. The molecule has 0 spiro atoms. The molecule has 0 saturated heterocycles. The maximum atomic E-state index is 6.33. The maximum absolute atomic E-state index is 6.33. The van der Waals surface area contributed by atoms with E-state index in [1.807, 2.05) is 0 Å². The highest BCUT2D eigenvalue weighted by atomic mass is 16.5. The van der Waals surface area contributed by atoms with Gasteiger partial charge in [-0.3, -0.25) is 0 Å². The summed E-state index contributed by atoms with van der Waals surface area (Å²) in [5.41, 5.74) is 6.33. The Bertz CT molecular complexity index is 260. The largest absolute Gasteiger partial charge is 0.376 e. The summed E-state index contributed by atoms with van der Waals surface area (Å²) in [5.74, 6) is 3.02. The van der Waals surface area contributed by atoms with Gasteiger partial charge in [0.25, 0.3) is 0 Å². The zero-order chi connectivity index (χ0) is 13.8. The Hall–Kier alpha value is -0.0800. The zero-order valence-electron chi connectivity index (χ0n) is 13.1. The first-order valence-electron chi connectivity index (χ1n) is 8.45. The molecule has 0 heterocycles. The quantitative estimate of drug-likeness (QED) is 0.817. The Morgan fingerprint density at radius 3 is 2.42 bits per heavy atom. The van der Waals surface area contributed by atoms with Crippen molar-refractivity contribution in [1.29, 1.82) is 0 Å².